The number of carbonyl (C=O) groups excluding carboxylic acids is 1. The maximum Gasteiger partial charge on any atom is 0.236 e. The van der Waals surface area contributed by atoms with Crippen LogP contribution >= 0.6 is 0 Å². The highest BCUT2D eigenvalue weighted by Crippen LogP contribution is 2.30. The Morgan fingerprint density at radius 2 is 1.74 bits per heavy atom. The largest absolute Gasteiger partial charge is 0.354 e. The van der Waals surface area contributed by atoms with Gasteiger partial charge in [-0.05, 0) is 37.5 Å². The van der Waals surface area contributed by atoms with Crippen molar-refractivity contribution in [2.24, 2.45) is 17.8 Å². The molecule has 3 atom stereocenters. The molecule has 1 fully saturated rings. The summed E-state index contributed by atoms with van der Waals surface area (Å²) < 4.78 is 0. The van der Waals surface area contributed by atoms with E-state index < -0.39 is 0 Å². The molecule has 3 nitrogen and oxygen atoms in total. The summed E-state index contributed by atoms with van der Waals surface area (Å²) in [5, 5.41) is 6.58. The highest BCUT2D eigenvalue weighted by molar-refractivity contribution is 5.81. The molecular weight excluding hydrogens is 236 g/mol. The van der Waals surface area contributed by atoms with Crippen LogP contribution in [0.4, 0.5) is 0 Å². The average molecular weight is 268 g/mol. The van der Waals surface area contributed by atoms with Crippen molar-refractivity contribution in [2.75, 3.05) is 6.54 Å². The van der Waals surface area contributed by atoms with Crippen molar-refractivity contribution in [3.63, 3.8) is 0 Å². The van der Waals surface area contributed by atoms with Gasteiger partial charge in [-0.2, -0.15) is 0 Å². The highest BCUT2D eigenvalue weighted by atomic mass is 16.2. The fraction of sp³-hybridized carbons (Fsp3) is 0.938. The molecule has 2 N–H and O–H groups in total. The first-order valence-electron chi connectivity index (χ1n) is 7.95. The second kappa shape index (κ2) is 7.88. The molecule has 1 saturated carbocycles. The third-order valence-corrected chi connectivity index (χ3v) is 4.22. The summed E-state index contributed by atoms with van der Waals surface area (Å²) in [5.74, 6) is 2.06. The van der Waals surface area contributed by atoms with Crippen molar-refractivity contribution in [3.05, 3.63) is 0 Å². The zero-order valence-electron chi connectivity index (χ0n) is 13.3. The van der Waals surface area contributed by atoms with E-state index in [1.54, 1.807) is 0 Å². The van der Waals surface area contributed by atoms with Crippen molar-refractivity contribution in [3.8, 4) is 0 Å². The van der Waals surface area contributed by atoms with Gasteiger partial charge < -0.3 is 10.6 Å². The predicted molar refractivity (Wildman–Crippen MR) is 81.0 cm³/mol. The summed E-state index contributed by atoms with van der Waals surface area (Å²) in [5.41, 5.74) is 0. The van der Waals surface area contributed by atoms with Crippen LogP contribution in [0.3, 0.4) is 0 Å². The van der Waals surface area contributed by atoms with Gasteiger partial charge in [-0.1, -0.05) is 40.5 Å². The van der Waals surface area contributed by atoms with E-state index in [-0.39, 0.29) is 11.9 Å². The molecule has 0 spiro atoms. The minimum Gasteiger partial charge on any atom is -0.354 e. The molecule has 112 valence electrons. The molecule has 0 radical (unpaired) electrons. The number of carbonyl (C=O) groups is 1. The zero-order chi connectivity index (χ0) is 14.4. The number of hydrogen-bond acceptors (Lipinski definition) is 2. The van der Waals surface area contributed by atoms with Crippen molar-refractivity contribution in [2.45, 2.75) is 72.4 Å². The average Bonchev–Trinajstić information content (AvgIpc) is 2.36. The van der Waals surface area contributed by atoms with E-state index in [1.165, 1.54) is 25.7 Å². The van der Waals surface area contributed by atoms with Gasteiger partial charge in [-0.15, -0.1) is 0 Å². The topological polar surface area (TPSA) is 41.1 Å². The van der Waals surface area contributed by atoms with Crippen LogP contribution in [0.2, 0.25) is 0 Å². The molecule has 0 aromatic rings. The Morgan fingerprint density at radius 3 is 2.32 bits per heavy atom. The fourth-order valence-electron chi connectivity index (χ4n) is 3.02. The Hall–Kier alpha value is -0.570. The summed E-state index contributed by atoms with van der Waals surface area (Å²) in [7, 11) is 0. The molecule has 19 heavy (non-hydrogen) atoms. The number of nitrogens with one attached hydrogen (secondary N) is 2. The lowest BCUT2D eigenvalue weighted by molar-refractivity contribution is -0.123. The van der Waals surface area contributed by atoms with Gasteiger partial charge in [-0.25, -0.2) is 0 Å². The first-order chi connectivity index (χ1) is 8.91. The second-order valence-corrected chi connectivity index (χ2v) is 6.83. The van der Waals surface area contributed by atoms with E-state index in [4.69, 9.17) is 0 Å². The Kier molecular flexibility index (Phi) is 6.84. The molecule has 1 rings (SSSR count). The lowest BCUT2D eigenvalue weighted by atomic mass is 9.77. The van der Waals surface area contributed by atoms with Crippen LogP contribution in [0.25, 0.3) is 0 Å². The third-order valence-electron chi connectivity index (χ3n) is 4.22. The van der Waals surface area contributed by atoms with Crippen LogP contribution in [0.1, 0.15) is 60.3 Å². The van der Waals surface area contributed by atoms with Gasteiger partial charge in [0.15, 0.2) is 0 Å². The number of rotatable bonds is 6. The molecule has 0 aliphatic heterocycles. The fourth-order valence-corrected chi connectivity index (χ4v) is 3.02. The molecular formula is C16H32N2O. The molecule has 1 aliphatic rings. The van der Waals surface area contributed by atoms with Gasteiger partial charge in [-0.3, -0.25) is 4.79 Å². The maximum absolute atomic E-state index is 12.0. The zero-order valence-corrected chi connectivity index (χ0v) is 13.3. The van der Waals surface area contributed by atoms with Gasteiger partial charge in [0, 0.05) is 12.6 Å². The molecule has 0 saturated heterocycles. The van der Waals surface area contributed by atoms with Crippen molar-refractivity contribution in [1.82, 2.24) is 10.6 Å². The first-order valence-corrected chi connectivity index (χ1v) is 7.95. The summed E-state index contributed by atoms with van der Waals surface area (Å²) >= 11 is 0. The lowest BCUT2D eigenvalue weighted by Crippen LogP contribution is -2.51. The number of hydrogen-bond donors (Lipinski definition) is 2. The van der Waals surface area contributed by atoms with E-state index in [2.05, 4.69) is 38.3 Å². The molecule has 1 amide bonds. The summed E-state index contributed by atoms with van der Waals surface area (Å²) in [6.45, 7) is 11.6. The van der Waals surface area contributed by atoms with E-state index in [9.17, 15) is 4.79 Å². The van der Waals surface area contributed by atoms with E-state index in [1.807, 2.05) is 6.92 Å². The molecule has 1 aliphatic carbocycles. The highest BCUT2D eigenvalue weighted by Gasteiger charge is 2.29. The molecule has 3 unspecified atom stereocenters. The molecule has 0 heterocycles. The third kappa shape index (κ3) is 5.52. The molecule has 0 aromatic heterocycles. The second-order valence-electron chi connectivity index (χ2n) is 6.83. The standard InChI is InChI=1S/C16H32N2O/c1-11(2)10-17-16(19)13(5)18-15-9-7-6-8-14(15)12(3)4/h11-15,18H,6-10H2,1-5H3,(H,17,19). The summed E-state index contributed by atoms with van der Waals surface area (Å²) in [6, 6.07) is 0.427. The number of amides is 1. The molecule has 0 aromatic carbocycles. The van der Waals surface area contributed by atoms with Crippen molar-refractivity contribution >= 4 is 5.91 Å². The first kappa shape index (κ1) is 16.5. The van der Waals surface area contributed by atoms with Crippen LogP contribution in [-0.4, -0.2) is 24.5 Å². The van der Waals surface area contributed by atoms with E-state index >= 15 is 0 Å². The normalized spacial score (nSPS) is 25.6. The Bertz CT molecular complexity index is 276. The smallest absolute Gasteiger partial charge is 0.236 e. The predicted octanol–water partition coefficient (Wildman–Crippen LogP) is 2.95. The van der Waals surface area contributed by atoms with Crippen LogP contribution in [-0.2, 0) is 4.79 Å². The monoisotopic (exact) mass is 268 g/mol. The Balaban J connectivity index is 2.44. The van der Waals surface area contributed by atoms with Gasteiger partial charge in [0.1, 0.15) is 0 Å². The van der Waals surface area contributed by atoms with Crippen LogP contribution in [0, 0.1) is 17.8 Å². The van der Waals surface area contributed by atoms with Crippen LogP contribution < -0.4 is 10.6 Å². The van der Waals surface area contributed by atoms with Crippen molar-refractivity contribution < 1.29 is 4.79 Å². The SMILES string of the molecule is CC(C)CNC(=O)C(C)NC1CCCCC1C(C)C. The lowest BCUT2D eigenvalue weighted by Gasteiger charge is -2.36. The van der Waals surface area contributed by atoms with Crippen LogP contribution in [0.15, 0.2) is 0 Å². The Labute approximate surface area is 118 Å². The summed E-state index contributed by atoms with van der Waals surface area (Å²) in [6.07, 6.45) is 5.15. The van der Waals surface area contributed by atoms with E-state index in [0.717, 1.165) is 6.54 Å². The molecule has 0 bridgehead atoms. The minimum absolute atomic E-state index is 0.0805. The quantitative estimate of drug-likeness (QED) is 0.777. The van der Waals surface area contributed by atoms with Gasteiger partial charge in [0.2, 0.25) is 5.91 Å². The maximum atomic E-state index is 12.0. The minimum atomic E-state index is -0.0805. The Morgan fingerprint density at radius 1 is 1.11 bits per heavy atom. The van der Waals surface area contributed by atoms with Gasteiger partial charge in [0.05, 0.1) is 6.04 Å². The molecule has 3 heteroatoms. The van der Waals surface area contributed by atoms with Gasteiger partial charge in [0.25, 0.3) is 0 Å². The van der Waals surface area contributed by atoms with Gasteiger partial charge >= 0.3 is 0 Å². The van der Waals surface area contributed by atoms with E-state index in [0.29, 0.717) is 23.8 Å². The van der Waals surface area contributed by atoms with Crippen molar-refractivity contribution in [1.29, 1.82) is 0 Å². The summed E-state index contributed by atoms with van der Waals surface area (Å²) in [4.78, 5) is 12.0. The van der Waals surface area contributed by atoms with Crippen LogP contribution in [0.5, 0.6) is 0 Å².